The van der Waals surface area contributed by atoms with Gasteiger partial charge in [-0.15, -0.1) is 0 Å². The Balaban J connectivity index is 1.87. The van der Waals surface area contributed by atoms with Crippen molar-refractivity contribution < 1.29 is 13.2 Å². The zero-order chi connectivity index (χ0) is 13.7. The van der Waals surface area contributed by atoms with Crippen LogP contribution in [0.4, 0.5) is 19.0 Å². The quantitative estimate of drug-likeness (QED) is 0.827. The zero-order valence-corrected chi connectivity index (χ0v) is 10.4. The average molecular weight is 271 g/mol. The molecule has 0 bridgehead atoms. The fraction of sp³-hybridized carbons (Fsp3) is 0.462. The summed E-state index contributed by atoms with van der Waals surface area (Å²) in [4.78, 5) is 3.89. The Bertz CT molecular complexity index is 455. The molecule has 0 spiro atoms. The number of pyridine rings is 1. The van der Waals surface area contributed by atoms with Crippen molar-refractivity contribution in [3.8, 4) is 0 Å². The van der Waals surface area contributed by atoms with E-state index in [9.17, 15) is 13.2 Å². The molecule has 0 radical (unpaired) electrons. The van der Waals surface area contributed by atoms with Crippen molar-refractivity contribution in [2.24, 2.45) is 0 Å². The van der Waals surface area contributed by atoms with E-state index in [1.54, 1.807) is 0 Å². The largest absolute Gasteiger partial charge is 0.416 e. The molecule has 1 aromatic heterocycles. The van der Waals surface area contributed by atoms with Crippen LogP contribution >= 0.6 is 0 Å². The van der Waals surface area contributed by atoms with Gasteiger partial charge in [-0.25, -0.2) is 4.98 Å². The van der Waals surface area contributed by atoms with Crippen molar-refractivity contribution in [3.05, 3.63) is 35.5 Å². The first-order valence-electron chi connectivity index (χ1n) is 6.21. The van der Waals surface area contributed by atoms with E-state index in [1.165, 1.54) is 11.8 Å². The van der Waals surface area contributed by atoms with Gasteiger partial charge in [0.2, 0.25) is 0 Å². The molecule has 0 unspecified atom stereocenters. The standard InChI is InChI=1S/C13H16F3N3/c14-13(15,16)11-4-8-19-12(9-11)18-7-3-10-1-5-17-6-2-10/h1,4,8-9,17H,2-3,5-7H2,(H,18,19). The topological polar surface area (TPSA) is 37.0 Å². The molecule has 0 aromatic carbocycles. The van der Waals surface area contributed by atoms with Gasteiger partial charge in [0.1, 0.15) is 5.82 Å². The summed E-state index contributed by atoms with van der Waals surface area (Å²) in [5.41, 5.74) is 0.657. The van der Waals surface area contributed by atoms with Gasteiger partial charge in [0, 0.05) is 19.3 Å². The summed E-state index contributed by atoms with van der Waals surface area (Å²) < 4.78 is 37.5. The number of hydrogen-bond donors (Lipinski definition) is 2. The molecular weight excluding hydrogens is 255 g/mol. The van der Waals surface area contributed by atoms with Gasteiger partial charge < -0.3 is 10.6 Å². The average Bonchev–Trinajstić information content (AvgIpc) is 2.39. The van der Waals surface area contributed by atoms with Crippen LogP contribution in [0.5, 0.6) is 0 Å². The van der Waals surface area contributed by atoms with Crippen LogP contribution in [-0.4, -0.2) is 24.6 Å². The van der Waals surface area contributed by atoms with Crippen molar-refractivity contribution >= 4 is 5.82 Å². The van der Waals surface area contributed by atoms with E-state index in [1.807, 2.05) is 0 Å². The number of nitrogens with zero attached hydrogens (tertiary/aromatic N) is 1. The molecule has 6 heteroatoms. The summed E-state index contributed by atoms with van der Waals surface area (Å²) in [6.45, 7) is 2.44. The molecule has 0 saturated heterocycles. The second-order valence-corrected chi connectivity index (χ2v) is 4.42. The number of alkyl halides is 3. The van der Waals surface area contributed by atoms with Crippen LogP contribution < -0.4 is 10.6 Å². The Labute approximate surface area is 109 Å². The van der Waals surface area contributed by atoms with Gasteiger partial charge in [0.15, 0.2) is 0 Å². The Kier molecular flexibility index (Phi) is 4.42. The molecule has 0 fully saturated rings. The van der Waals surface area contributed by atoms with Crippen LogP contribution in [0.15, 0.2) is 30.0 Å². The number of halogens is 3. The smallest absolute Gasteiger partial charge is 0.370 e. The Morgan fingerprint density at radius 3 is 2.89 bits per heavy atom. The van der Waals surface area contributed by atoms with E-state index in [-0.39, 0.29) is 5.82 Å². The lowest BCUT2D eigenvalue weighted by Gasteiger charge is -2.14. The Morgan fingerprint density at radius 1 is 1.37 bits per heavy atom. The minimum absolute atomic E-state index is 0.268. The first-order valence-corrected chi connectivity index (χ1v) is 6.21. The van der Waals surface area contributed by atoms with Gasteiger partial charge in [-0.2, -0.15) is 13.2 Å². The number of anilines is 1. The van der Waals surface area contributed by atoms with Gasteiger partial charge in [-0.3, -0.25) is 0 Å². The van der Waals surface area contributed by atoms with E-state index in [4.69, 9.17) is 0 Å². The normalized spacial score (nSPS) is 16.1. The molecule has 2 N–H and O–H groups in total. The molecular formula is C13H16F3N3. The number of hydrogen-bond acceptors (Lipinski definition) is 3. The molecule has 1 aliphatic heterocycles. The van der Waals surface area contributed by atoms with Crippen LogP contribution in [0.3, 0.4) is 0 Å². The summed E-state index contributed by atoms with van der Waals surface area (Å²) in [7, 11) is 0. The second kappa shape index (κ2) is 6.06. The van der Waals surface area contributed by atoms with E-state index in [0.29, 0.717) is 6.54 Å². The maximum Gasteiger partial charge on any atom is 0.416 e. The van der Waals surface area contributed by atoms with Crippen LogP contribution in [0.25, 0.3) is 0 Å². The van der Waals surface area contributed by atoms with E-state index in [2.05, 4.69) is 21.7 Å². The first kappa shape index (κ1) is 13.9. The van der Waals surface area contributed by atoms with E-state index in [0.717, 1.165) is 38.1 Å². The molecule has 2 heterocycles. The summed E-state index contributed by atoms with van der Waals surface area (Å²) in [5, 5.41) is 6.14. The molecule has 1 aromatic rings. The second-order valence-electron chi connectivity index (χ2n) is 4.42. The third-order valence-electron chi connectivity index (χ3n) is 3.00. The van der Waals surface area contributed by atoms with E-state index < -0.39 is 11.7 Å². The lowest BCUT2D eigenvalue weighted by Crippen LogP contribution is -2.21. The van der Waals surface area contributed by atoms with Crippen molar-refractivity contribution in [3.63, 3.8) is 0 Å². The highest BCUT2D eigenvalue weighted by atomic mass is 19.4. The molecule has 3 nitrogen and oxygen atoms in total. The van der Waals surface area contributed by atoms with Crippen molar-refractivity contribution in [2.75, 3.05) is 25.0 Å². The van der Waals surface area contributed by atoms with Gasteiger partial charge >= 0.3 is 6.18 Å². The number of rotatable bonds is 4. The molecule has 19 heavy (non-hydrogen) atoms. The SMILES string of the molecule is FC(F)(F)c1ccnc(NCCC2=CCNCC2)c1. The number of aromatic nitrogens is 1. The summed E-state index contributed by atoms with van der Waals surface area (Å²) >= 11 is 0. The van der Waals surface area contributed by atoms with Crippen molar-refractivity contribution in [1.82, 2.24) is 10.3 Å². The predicted molar refractivity (Wildman–Crippen MR) is 67.9 cm³/mol. The van der Waals surface area contributed by atoms with Gasteiger partial charge in [0.05, 0.1) is 5.56 Å². The van der Waals surface area contributed by atoms with Gasteiger partial charge in [0.25, 0.3) is 0 Å². The molecule has 2 rings (SSSR count). The summed E-state index contributed by atoms with van der Waals surface area (Å²) in [6, 6.07) is 2.01. The molecule has 0 saturated carbocycles. The van der Waals surface area contributed by atoms with Crippen molar-refractivity contribution in [1.29, 1.82) is 0 Å². The maximum atomic E-state index is 12.5. The first-order chi connectivity index (χ1) is 9.05. The Hall–Kier alpha value is -1.56. The summed E-state index contributed by atoms with van der Waals surface area (Å²) in [6.07, 6.45) is 0.813. The molecule has 104 valence electrons. The maximum absolute atomic E-state index is 12.5. The Morgan fingerprint density at radius 2 is 2.21 bits per heavy atom. The van der Waals surface area contributed by atoms with Crippen LogP contribution in [0.1, 0.15) is 18.4 Å². The minimum atomic E-state index is -4.32. The predicted octanol–water partition coefficient (Wildman–Crippen LogP) is 2.82. The monoisotopic (exact) mass is 271 g/mol. The number of nitrogens with one attached hydrogen (secondary N) is 2. The fourth-order valence-corrected chi connectivity index (χ4v) is 1.95. The highest BCUT2D eigenvalue weighted by Crippen LogP contribution is 2.29. The lowest BCUT2D eigenvalue weighted by molar-refractivity contribution is -0.137. The van der Waals surface area contributed by atoms with Crippen LogP contribution in [-0.2, 0) is 6.18 Å². The highest BCUT2D eigenvalue weighted by molar-refractivity contribution is 5.38. The van der Waals surface area contributed by atoms with Gasteiger partial charge in [-0.1, -0.05) is 11.6 Å². The van der Waals surface area contributed by atoms with Crippen LogP contribution in [0.2, 0.25) is 0 Å². The fourth-order valence-electron chi connectivity index (χ4n) is 1.95. The lowest BCUT2D eigenvalue weighted by atomic mass is 10.1. The minimum Gasteiger partial charge on any atom is -0.370 e. The summed E-state index contributed by atoms with van der Waals surface area (Å²) in [5.74, 6) is 0.268. The van der Waals surface area contributed by atoms with Crippen LogP contribution in [0, 0.1) is 0 Å². The highest BCUT2D eigenvalue weighted by Gasteiger charge is 2.30. The van der Waals surface area contributed by atoms with Crippen molar-refractivity contribution in [2.45, 2.75) is 19.0 Å². The zero-order valence-electron chi connectivity index (χ0n) is 10.4. The third kappa shape index (κ3) is 4.24. The van der Waals surface area contributed by atoms with E-state index >= 15 is 0 Å². The molecule has 1 aliphatic rings. The molecule has 0 amide bonds. The molecule has 0 atom stereocenters. The van der Waals surface area contributed by atoms with Gasteiger partial charge in [-0.05, 0) is 31.5 Å². The third-order valence-corrected chi connectivity index (χ3v) is 3.00. The molecule has 0 aliphatic carbocycles.